The molecule has 2 aliphatic heterocycles. The second-order valence-electron chi connectivity index (χ2n) is 7.60. The van der Waals surface area contributed by atoms with E-state index in [9.17, 15) is 0 Å². The summed E-state index contributed by atoms with van der Waals surface area (Å²) in [6.45, 7) is 9.49. The van der Waals surface area contributed by atoms with E-state index in [1.807, 2.05) is 0 Å². The minimum Gasteiger partial charge on any atom is -0.379 e. The first kappa shape index (κ1) is 22.2. The first-order valence-corrected chi connectivity index (χ1v) is 10.3. The van der Waals surface area contributed by atoms with Crippen LogP contribution in [0.1, 0.15) is 51.9 Å². The van der Waals surface area contributed by atoms with Gasteiger partial charge < -0.3 is 20.1 Å². The number of morpholine rings is 1. The van der Waals surface area contributed by atoms with Crippen LogP contribution in [-0.2, 0) is 9.47 Å². The summed E-state index contributed by atoms with van der Waals surface area (Å²) in [6.07, 6.45) is 9.23. The van der Waals surface area contributed by atoms with Gasteiger partial charge in [0.1, 0.15) is 0 Å². The highest BCUT2D eigenvalue weighted by atomic mass is 127. The topological polar surface area (TPSA) is 58.1 Å². The molecule has 1 aliphatic carbocycles. The molecule has 7 heteroatoms. The van der Waals surface area contributed by atoms with E-state index >= 15 is 0 Å². The third-order valence-corrected chi connectivity index (χ3v) is 5.86. The molecule has 3 fully saturated rings. The Labute approximate surface area is 175 Å². The average molecular weight is 480 g/mol. The predicted octanol–water partition coefficient (Wildman–Crippen LogP) is 2.37. The number of nitrogens with one attached hydrogen (secondary N) is 2. The fraction of sp³-hybridized carbons (Fsp3) is 0.947. The molecular formula is C19H37IN4O2. The van der Waals surface area contributed by atoms with Gasteiger partial charge in [0.05, 0.1) is 25.9 Å². The van der Waals surface area contributed by atoms with Gasteiger partial charge in [0, 0.05) is 38.3 Å². The summed E-state index contributed by atoms with van der Waals surface area (Å²) in [6, 6.07) is 0. The van der Waals surface area contributed by atoms with Crippen LogP contribution in [0.4, 0.5) is 0 Å². The van der Waals surface area contributed by atoms with Crippen LogP contribution in [0.25, 0.3) is 0 Å². The van der Waals surface area contributed by atoms with Gasteiger partial charge in [-0.15, -0.1) is 24.0 Å². The highest BCUT2D eigenvalue weighted by Crippen LogP contribution is 2.34. The number of ether oxygens (including phenoxy) is 2. The monoisotopic (exact) mass is 480 g/mol. The van der Waals surface area contributed by atoms with Crippen LogP contribution in [0.3, 0.4) is 0 Å². The Kier molecular flexibility index (Phi) is 9.94. The fourth-order valence-corrected chi connectivity index (χ4v) is 4.41. The molecule has 0 aromatic heterocycles. The van der Waals surface area contributed by atoms with Gasteiger partial charge in [-0.25, -0.2) is 0 Å². The zero-order valence-electron chi connectivity index (χ0n) is 16.3. The lowest BCUT2D eigenvalue weighted by molar-refractivity contribution is -0.0333. The van der Waals surface area contributed by atoms with Crippen LogP contribution in [0.2, 0.25) is 0 Å². The number of guanidine groups is 1. The van der Waals surface area contributed by atoms with Crippen molar-refractivity contribution in [2.24, 2.45) is 4.99 Å². The van der Waals surface area contributed by atoms with Crippen molar-refractivity contribution in [1.29, 1.82) is 0 Å². The van der Waals surface area contributed by atoms with E-state index in [4.69, 9.17) is 14.5 Å². The molecule has 3 aliphatic rings. The summed E-state index contributed by atoms with van der Waals surface area (Å²) >= 11 is 0. The fourth-order valence-electron chi connectivity index (χ4n) is 4.41. The van der Waals surface area contributed by atoms with Crippen molar-refractivity contribution < 1.29 is 9.47 Å². The molecule has 0 bridgehead atoms. The lowest BCUT2D eigenvalue weighted by Crippen LogP contribution is -2.56. The number of halogens is 1. The SMILES string of the molecule is CCNC(=NCC1(N2CCOCC2)CCCCC1)NCC1CCCO1.I. The molecule has 1 unspecified atom stereocenters. The van der Waals surface area contributed by atoms with Crippen LogP contribution >= 0.6 is 24.0 Å². The Morgan fingerprint density at radius 2 is 1.85 bits per heavy atom. The molecule has 0 amide bonds. The molecule has 0 spiro atoms. The maximum absolute atomic E-state index is 5.72. The highest BCUT2D eigenvalue weighted by Gasteiger charge is 2.38. The van der Waals surface area contributed by atoms with Gasteiger partial charge in [0.15, 0.2) is 5.96 Å². The Morgan fingerprint density at radius 3 is 2.50 bits per heavy atom. The van der Waals surface area contributed by atoms with Crippen molar-refractivity contribution in [3.63, 3.8) is 0 Å². The summed E-state index contributed by atoms with van der Waals surface area (Å²) in [7, 11) is 0. The largest absolute Gasteiger partial charge is 0.379 e. The smallest absolute Gasteiger partial charge is 0.191 e. The standard InChI is InChI=1S/C19H36N4O2.HI/c1-2-20-18(21-15-17-7-6-12-25-17)22-16-19(8-4-3-5-9-19)23-10-13-24-14-11-23;/h17H,2-16H2,1H3,(H2,20,21,22);1H. The van der Waals surface area contributed by atoms with Crippen molar-refractivity contribution in [2.45, 2.75) is 63.5 Å². The Balaban J connectivity index is 0.00000243. The van der Waals surface area contributed by atoms with Crippen molar-refractivity contribution in [2.75, 3.05) is 52.5 Å². The molecular weight excluding hydrogens is 443 g/mol. The van der Waals surface area contributed by atoms with Crippen LogP contribution in [0, 0.1) is 0 Å². The molecule has 1 atom stereocenters. The predicted molar refractivity (Wildman–Crippen MR) is 117 cm³/mol. The van der Waals surface area contributed by atoms with Crippen LogP contribution in [0.15, 0.2) is 4.99 Å². The molecule has 2 heterocycles. The Hall–Kier alpha value is -0.120. The van der Waals surface area contributed by atoms with Crippen LogP contribution in [0.5, 0.6) is 0 Å². The first-order valence-electron chi connectivity index (χ1n) is 10.3. The number of aliphatic imine (C=N–C) groups is 1. The second-order valence-corrected chi connectivity index (χ2v) is 7.60. The summed E-state index contributed by atoms with van der Waals surface area (Å²) in [4.78, 5) is 7.66. The minimum absolute atomic E-state index is 0. The van der Waals surface area contributed by atoms with E-state index < -0.39 is 0 Å². The third kappa shape index (κ3) is 6.21. The van der Waals surface area contributed by atoms with Gasteiger partial charge in [-0.1, -0.05) is 19.3 Å². The van der Waals surface area contributed by atoms with Gasteiger partial charge in [-0.2, -0.15) is 0 Å². The second kappa shape index (κ2) is 11.7. The molecule has 0 radical (unpaired) electrons. The van der Waals surface area contributed by atoms with Gasteiger partial charge in [0.2, 0.25) is 0 Å². The molecule has 152 valence electrons. The lowest BCUT2D eigenvalue weighted by atomic mass is 9.80. The maximum atomic E-state index is 5.72. The molecule has 6 nitrogen and oxygen atoms in total. The quantitative estimate of drug-likeness (QED) is 0.348. The zero-order valence-corrected chi connectivity index (χ0v) is 18.6. The van der Waals surface area contributed by atoms with Gasteiger partial charge in [-0.05, 0) is 32.6 Å². The summed E-state index contributed by atoms with van der Waals surface area (Å²) in [5.74, 6) is 0.941. The lowest BCUT2D eigenvalue weighted by Gasteiger charge is -2.47. The van der Waals surface area contributed by atoms with E-state index in [1.54, 1.807) is 0 Å². The number of rotatable bonds is 6. The summed E-state index contributed by atoms with van der Waals surface area (Å²) in [5.41, 5.74) is 0.230. The van der Waals surface area contributed by atoms with E-state index in [-0.39, 0.29) is 29.5 Å². The minimum atomic E-state index is 0. The normalized spacial score (nSPS) is 27.0. The number of nitrogens with zero attached hydrogens (tertiary/aromatic N) is 2. The maximum Gasteiger partial charge on any atom is 0.191 e. The molecule has 0 aromatic rings. The Bertz CT molecular complexity index is 418. The molecule has 2 N–H and O–H groups in total. The number of hydrogen-bond donors (Lipinski definition) is 2. The van der Waals surface area contributed by atoms with Gasteiger partial charge >= 0.3 is 0 Å². The van der Waals surface area contributed by atoms with Crippen LogP contribution in [-0.4, -0.2) is 75.0 Å². The molecule has 1 saturated carbocycles. The van der Waals surface area contributed by atoms with E-state index in [0.29, 0.717) is 6.10 Å². The highest BCUT2D eigenvalue weighted by molar-refractivity contribution is 14.0. The van der Waals surface area contributed by atoms with Crippen molar-refractivity contribution in [3.8, 4) is 0 Å². The number of hydrogen-bond acceptors (Lipinski definition) is 4. The first-order chi connectivity index (χ1) is 12.3. The van der Waals surface area contributed by atoms with Crippen molar-refractivity contribution in [3.05, 3.63) is 0 Å². The molecule has 3 rings (SSSR count). The Morgan fingerprint density at radius 1 is 1.08 bits per heavy atom. The summed E-state index contributed by atoms with van der Waals surface area (Å²) in [5, 5.41) is 6.90. The average Bonchev–Trinajstić information content (AvgIpc) is 3.19. The van der Waals surface area contributed by atoms with E-state index in [0.717, 1.165) is 64.9 Å². The van der Waals surface area contributed by atoms with Gasteiger partial charge in [0.25, 0.3) is 0 Å². The zero-order chi connectivity index (χ0) is 17.4. The molecule has 0 aromatic carbocycles. The van der Waals surface area contributed by atoms with Crippen LogP contribution < -0.4 is 10.6 Å². The third-order valence-electron chi connectivity index (χ3n) is 5.86. The van der Waals surface area contributed by atoms with E-state index in [2.05, 4.69) is 22.5 Å². The van der Waals surface area contributed by atoms with Crippen molar-refractivity contribution >= 4 is 29.9 Å². The molecule has 26 heavy (non-hydrogen) atoms. The van der Waals surface area contributed by atoms with Gasteiger partial charge in [-0.3, -0.25) is 9.89 Å². The summed E-state index contributed by atoms with van der Waals surface area (Å²) < 4.78 is 11.3. The van der Waals surface area contributed by atoms with E-state index in [1.165, 1.54) is 38.5 Å². The van der Waals surface area contributed by atoms with Crippen molar-refractivity contribution in [1.82, 2.24) is 15.5 Å². The molecule has 2 saturated heterocycles.